The molecule has 3 aromatic rings. The van der Waals surface area contributed by atoms with Crippen LogP contribution in [-0.4, -0.2) is 16.2 Å². The van der Waals surface area contributed by atoms with Gasteiger partial charge in [-0.25, -0.2) is 4.98 Å². The Morgan fingerprint density at radius 2 is 2.20 bits per heavy atom. The lowest BCUT2D eigenvalue weighted by molar-refractivity contribution is 0.343. The zero-order valence-electron chi connectivity index (χ0n) is 11.2. The third-order valence-electron chi connectivity index (χ3n) is 3.13. The number of imidazole rings is 1. The Bertz CT molecular complexity index is 706. The van der Waals surface area contributed by atoms with E-state index in [-0.39, 0.29) is 0 Å². The summed E-state index contributed by atoms with van der Waals surface area (Å²) in [5.41, 5.74) is 1.96. The first-order valence-corrected chi connectivity index (χ1v) is 7.94. The van der Waals surface area contributed by atoms with E-state index in [4.69, 9.17) is 16.3 Å². The van der Waals surface area contributed by atoms with Crippen LogP contribution in [0.4, 0.5) is 0 Å². The number of hydrogen-bond donors (Lipinski definition) is 0. The van der Waals surface area contributed by atoms with Crippen molar-refractivity contribution in [1.82, 2.24) is 9.55 Å². The van der Waals surface area contributed by atoms with Crippen molar-refractivity contribution in [3.05, 3.63) is 46.4 Å². The highest BCUT2D eigenvalue weighted by Crippen LogP contribution is 2.28. The average molecular weight is 307 g/mol. The maximum Gasteiger partial charge on any atom is 0.147 e. The van der Waals surface area contributed by atoms with Gasteiger partial charge in [-0.15, -0.1) is 22.9 Å². The Balaban J connectivity index is 2.12. The fraction of sp³-hybridized carbons (Fsp3) is 0.267. The molecule has 20 heavy (non-hydrogen) atoms. The van der Waals surface area contributed by atoms with E-state index in [9.17, 15) is 0 Å². The van der Waals surface area contributed by atoms with E-state index >= 15 is 0 Å². The number of halogens is 1. The molecule has 0 saturated heterocycles. The lowest BCUT2D eigenvalue weighted by atomic mass is 10.3. The standard InChI is InChI=1S/C15H15ClN2OS/c1-2-19-13-7-3-6-12-15(13)17-14(9-16)18(12)10-11-5-4-8-20-11/h3-8H,2,9-10H2,1H3. The number of nitrogens with zero attached hydrogens (tertiary/aromatic N) is 2. The van der Waals surface area contributed by atoms with E-state index in [0.29, 0.717) is 12.5 Å². The number of rotatable bonds is 5. The van der Waals surface area contributed by atoms with Gasteiger partial charge in [0.15, 0.2) is 0 Å². The number of hydrogen-bond acceptors (Lipinski definition) is 3. The molecule has 0 aliphatic carbocycles. The summed E-state index contributed by atoms with van der Waals surface area (Å²) >= 11 is 7.79. The van der Waals surface area contributed by atoms with Crippen LogP contribution in [0.25, 0.3) is 11.0 Å². The van der Waals surface area contributed by atoms with E-state index in [2.05, 4.69) is 33.1 Å². The Hall–Kier alpha value is -1.52. The quantitative estimate of drug-likeness (QED) is 0.658. The highest BCUT2D eigenvalue weighted by Gasteiger charge is 2.14. The summed E-state index contributed by atoms with van der Waals surface area (Å²) in [4.78, 5) is 5.93. The summed E-state index contributed by atoms with van der Waals surface area (Å²) in [7, 11) is 0. The van der Waals surface area contributed by atoms with Crippen LogP contribution in [0.1, 0.15) is 17.6 Å². The van der Waals surface area contributed by atoms with E-state index in [1.54, 1.807) is 11.3 Å². The smallest absolute Gasteiger partial charge is 0.147 e. The van der Waals surface area contributed by atoms with Gasteiger partial charge in [-0.2, -0.15) is 0 Å². The Labute approximate surface area is 126 Å². The van der Waals surface area contributed by atoms with Crippen molar-refractivity contribution in [2.45, 2.75) is 19.3 Å². The molecule has 104 valence electrons. The molecule has 2 aromatic heterocycles. The van der Waals surface area contributed by atoms with Gasteiger partial charge in [-0.1, -0.05) is 12.1 Å². The zero-order valence-corrected chi connectivity index (χ0v) is 12.7. The molecule has 2 heterocycles. The van der Waals surface area contributed by atoms with Crippen LogP contribution in [0.2, 0.25) is 0 Å². The first-order valence-electron chi connectivity index (χ1n) is 6.52. The van der Waals surface area contributed by atoms with E-state index < -0.39 is 0 Å². The van der Waals surface area contributed by atoms with Crippen molar-refractivity contribution in [2.24, 2.45) is 0 Å². The van der Waals surface area contributed by atoms with Crippen LogP contribution < -0.4 is 4.74 Å². The van der Waals surface area contributed by atoms with Gasteiger partial charge in [0.25, 0.3) is 0 Å². The van der Waals surface area contributed by atoms with Gasteiger partial charge in [0.2, 0.25) is 0 Å². The van der Waals surface area contributed by atoms with Crippen LogP contribution >= 0.6 is 22.9 Å². The Morgan fingerprint density at radius 3 is 2.90 bits per heavy atom. The molecule has 0 unspecified atom stereocenters. The van der Waals surface area contributed by atoms with Gasteiger partial charge >= 0.3 is 0 Å². The number of thiophene rings is 1. The van der Waals surface area contributed by atoms with Crippen LogP contribution in [-0.2, 0) is 12.4 Å². The van der Waals surface area contributed by atoms with Crippen LogP contribution in [0.15, 0.2) is 35.7 Å². The molecule has 0 atom stereocenters. The summed E-state index contributed by atoms with van der Waals surface area (Å²) in [6.07, 6.45) is 0. The minimum Gasteiger partial charge on any atom is -0.492 e. The zero-order chi connectivity index (χ0) is 13.9. The molecule has 0 N–H and O–H groups in total. The maximum atomic E-state index is 6.05. The predicted molar refractivity (Wildman–Crippen MR) is 83.9 cm³/mol. The van der Waals surface area contributed by atoms with Crippen LogP contribution in [0, 0.1) is 0 Å². The van der Waals surface area contributed by atoms with Crippen LogP contribution in [0.5, 0.6) is 5.75 Å². The van der Waals surface area contributed by atoms with Crippen molar-refractivity contribution in [2.75, 3.05) is 6.61 Å². The van der Waals surface area contributed by atoms with Gasteiger partial charge in [-0.3, -0.25) is 0 Å². The molecule has 1 aromatic carbocycles. The molecule has 0 spiro atoms. The molecular weight excluding hydrogens is 292 g/mol. The first kappa shape index (κ1) is 13.5. The molecule has 0 amide bonds. The maximum absolute atomic E-state index is 6.05. The number of alkyl halides is 1. The highest BCUT2D eigenvalue weighted by molar-refractivity contribution is 7.09. The molecule has 0 fully saturated rings. The largest absolute Gasteiger partial charge is 0.492 e. The summed E-state index contributed by atoms with van der Waals surface area (Å²) in [5.74, 6) is 2.09. The number of ether oxygens (including phenoxy) is 1. The van der Waals surface area contributed by atoms with Crippen molar-refractivity contribution < 1.29 is 4.74 Å². The summed E-state index contributed by atoms with van der Waals surface area (Å²) in [5, 5.41) is 2.08. The monoisotopic (exact) mass is 306 g/mol. The van der Waals surface area contributed by atoms with Crippen molar-refractivity contribution in [3.8, 4) is 5.75 Å². The fourth-order valence-electron chi connectivity index (χ4n) is 2.28. The van der Waals surface area contributed by atoms with E-state index in [1.165, 1.54) is 4.88 Å². The molecule has 3 nitrogen and oxygen atoms in total. The third-order valence-corrected chi connectivity index (χ3v) is 4.23. The second-order valence-electron chi connectivity index (χ2n) is 4.38. The molecule has 5 heteroatoms. The average Bonchev–Trinajstić information content (AvgIpc) is 3.08. The Kier molecular flexibility index (Phi) is 3.94. The van der Waals surface area contributed by atoms with Crippen molar-refractivity contribution in [1.29, 1.82) is 0 Å². The van der Waals surface area contributed by atoms with Gasteiger partial charge in [0, 0.05) is 4.88 Å². The van der Waals surface area contributed by atoms with E-state index in [0.717, 1.165) is 29.2 Å². The molecule has 0 saturated carbocycles. The normalized spacial score (nSPS) is 11.1. The number of fused-ring (bicyclic) bond motifs is 1. The fourth-order valence-corrected chi connectivity index (χ4v) is 3.17. The molecular formula is C15H15ClN2OS. The van der Waals surface area contributed by atoms with Gasteiger partial charge in [0.05, 0.1) is 24.5 Å². The summed E-state index contributed by atoms with van der Waals surface area (Å²) in [6.45, 7) is 3.41. The lowest BCUT2D eigenvalue weighted by Gasteiger charge is -2.07. The second-order valence-corrected chi connectivity index (χ2v) is 5.68. The summed E-state index contributed by atoms with van der Waals surface area (Å²) in [6, 6.07) is 10.2. The lowest BCUT2D eigenvalue weighted by Crippen LogP contribution is -2.02. The first-order chi connectivity index (χ1) is 9.83. The number of para-hydroxylation sites is 1. The molecule has 3 rings (SSSR count). The van der Waals surface area contributed by atoms with Gasteiger partial charge < -0.3 is 9.30 Å². The number of benzene rings is 1. The molecule has 0 radical (unpaired) electrons. The molecule has 0 aliphatic heterocycles. The van der Waals surface area contributed by atoms with Gasteiger partial charge in [0.1, 0.15) is 17.1 Å². The minimum atomic E-state index is 0.394. The number of aromatic nitrogens is 2. The topological polar surface area (TPSA) is 27.1 Å². The van der Waals surface area contributed by atoms with Crippen molar-refractivity contribution in [3.63, 3.8) is 0 Å². The second kappa shape index (κ2) is 5.85. The molecule has 0 bridgehead atoms. The SMILES string of the molecule is CCOc1cccc2c1nc(CCl)n2Cc1cccs1. The third kappa shape index (κ3) is 2.41. The Morgan fingerprint density at radius 1 is 1.30 bits per heavy atom. The molecule has 0 aliphatic rings. The van der Waals surface area contributed by atoms with Crippen LogP contribution in [0.3, 0.4) is 0 Å². The minimum absolute atomic E-state index is 0.394. The van der Waals surface area contributed by atoms with Crippen molar-refractivity contribution >= 4 is 34.0 Å². The van der Waals surface area contributed by atoms with E-state index in [1.807, 2.05) is 19.1 Å². The summed E-state index contributed by atoms with van der Waals surface area (Å²) < 4.78 is 7.81. The predicted octanol–water partition coefficient (Wildman–Crippen LogP) is 4.28. The van der Waals surface area contributed by atoms with Gasteiger partial charge in [-0.05, 0) is 30.5 Å². The highest BCUT2D eigenvalue weighted by atomic mass is 35.5.